The van der Waals surface area contributed by atoms with Gasteiger partial charge in [-0.3, -0.25) is 29.0 Å². The second-order valence-corrected chi connectivity index (χ2v) is 4.99. The van der Waals surface area contributed by atoms with E-state index in [1.807, 2.05) is 0 Å². The Kier molecular flexibility index (Phi) is 74.4. The van der Waals surface area contributed by atoms with E-state index in [0.29, 0.717) is 6.54 Å². The minimum atomic E-state index is -0.225. The summed E-state index contributed by atoms with van der Waals surface area (Å²) in [7, 11) is 1.45. The molecule has 0 aliphatic rings. The molecule has 0 atom stereocenters. The van der Waals surface area contributed by atoms with Crippen molar-refractivity contribution in [2.45, 2.75) is 77.2 Å². The first-order valence-corrected chi connectivity index (χ1v) is 8.15. The molecule has 2 radical (unpaired) electrons. The van der Waals surface area contributed by atoms with Crippen molar-refractivity contribution < 1.29 is 94.2 Å². The number of Topliss-reactive ketones (excluding diaryl/α,β-unsaturated/α-hetero) is 2. The van der Waals surface area contributed by atoms with Crippen LogP contribution in [0.25, 0.3) is 0 Å². The van der Waals surface area contributed by atoms with Crippen molar-refractivity contribution in [3.05, 3.63) is 13.8 Å². The molecule has 0 aromatic rings. The fourth-order valence-corrected chi connectivity index (χ4v) is 0.889. The maximum absolute atomic E-state index is 10.5. The Hall–Kier alpha value is -0.302. The fourth-order valence-electron chi connectivity index (χ4n) is 0.889. The van der Waals surface area contributed by atoms with Crippen LogP contribution in [-0.4, -0.2) is 58.6 Å². The standard InChI is InChI=1S/C6H11NO2.C5H9NO2.C3H6O.C3H5O.C2H5.2CH4.2Y/c1-4-7(5(2)8)6(3)9;1-4(7)6(3)5(2)8;2*1-3(2)4;1-2;;;;/h4H2,1-3H3;1-3H3;1-2H3;1H2,2H3;1H2,2H3;2*1H4;;/q;;;2*-1;;;;. The molecule has 0 aliphatic carbocycles. The number of hydrogen-bond donors (Lipinski definition) is 0. The normalized spacial score (nSPS) is 6.55. The average molecular weight is 598 g/mol. The van der Waals surface area contributed by atoms with Gasteiger partial charge in [0.25, 0.3) is 0 Å². The minimum absolute atomic E-state index is 0. The summed E-state index contributed by atoms with van der Waals surface area (Å²) in [5.74, 6) is -0.745. The molecule has 31 heavy (non-hydrogen) atoms. The summed E-state index contributed by atoms with van der Waals surface area (Å²) >= 11 is 0. The van der Waals surface area contributed by atoms with E-state index in [4.69, 9.17) is 0 Å². The van der Waals surface area contributed by atoms with Crippen LogP contribution < -0.4 is 0 Å². The molecule has 182 valence electrons. The van der Waals surface area contributed by atoms with Gasteiger partial charge in [-0.15, -0.1) is 0 Å². The van der Waals surface area contributed by atoms with Gasteiger partial charge in [0, 0.05) is 107 Å². The van der Waals surface area contributed by atoms with E-state index in [9.17, 15) is 28.8 Å². The minimum Gasteiger partial charge on any atom is -0.346 e. The molecular formula is C21H44N2O6Y2-2. The summed E-state index contributed by atoms with van der Waals surface area (Å²) < 4.78 is 0. The van der Waals surface area contributed by atoms with Crippen LogP contribution in [0.15, 0.2) is 0 Å². The van der Waals surface area contributed by atoms with E-state index in [-0.39, 0.29) is 115 Å². The van der Waals surface area contributed by atoms with Gasteiger partial charge in [0.1, 0.15) is 5.78 Å². The summed E-state index contributed by atoms with van der Waals surface area (Å²) in [6.45, 7) is 20.2. The molecule has 8 nitrogen and oxygen atoms in total. The molecule has 0 saturated heterocycles. The van der Waals surface area contributed by atoms with Gasteiger partial charge in [-0.05, 0) is 33.5 Å². The molecule has 4 amide bonds. The molecule has 0 heterocycles. The second-order valence-electron chi connectivity index (χ2n) is 4.99. The summed E-state index contributed by atoms with van der Waals surface area (Å²) in [6.07, 6.45) is 0. The maximum atomic E-state index is 10.5. The smallest absolute Gasteiger partial charge is 0.226 e. The zero-order chi connectivity index (χ0) is 23.3. The molecule has 0 aromatic carbocycles. The first-order chi connectivity index (χ1) is 12.1. The van der Waals surface area contributed by atoms with Crippen LogP contribution in [0.1, 0.15) is 77.2 Å². The average Bonchev–Trinajstić information content (AvgIpc) is 2.47. The largest absolute Gasteiger partial charge is 0.346 e. The topological polar surface area (TPSA) is 109 Å². The van der Waals surface area contributed by atoms with E-state index in [0.717, 1.165) is 4.90 Å². The molecule has 0 aromatic heterocycles. The summed E-state index contributed by atoms with van der Waals surface area (Å²) in [4.78, 5) is 62.6. The molecule has 0 unspecified atom stereocenters. The van der Waals surface area contributed by atoms with E-state index < -0.39 is 0 Å². The third kappa shape index (κ3) is 72.7. The summed E-state index contributed by atoms with van der Waals surface area (Å²) in [5, 5.41) is 0. The number of ketones is 2. The molecule has 0 aliphatic heterocycles. The van der Waals surface area contributed by atoms with Gasteiger partial charge in [-0.1, -0.05) is 14.9 Å². The quantitative estimate of drug-likeness (QED) is 0.428. The van der Waals surface area contributed by atoms with E-state index in [2.05, 4.69) is 13.8 Å². The van der Waals surface area contributed by atoms with Crippen LogP contribution in [0.3, 0.4) is 0 Å². The van der Waals surface area contributed by atoms with Gasteiger partial charge in [0.05, 0.1) is 0 Å². The van der Waals surface area contributed by atoms with Crippen LogP contribution in [0.4, 0.5) is 0 Å². The van der Waals surface area contributed by atoms with E-state index in [1.54, 1.807) is 13.8 Å². The zero-order valence-corrected chi connectivity index (χ0v) is 25.3. The zero-order valence-electron chi connectivity index (χ0n) is 19.6. The SMILES string of the molecule is C.C.CC(=O)N(C)C(C)=O.CC(C)=O.CCN(C(C)=O)C(C)=O.[CH2-]C.[CH2-]C(C)=O.[Y].[Y]. The molecule has 0 saturated carbocycles. The predicted molar refractivity (Wildman–Crippen MR) is 120 cm³/mol. The molecule has 0 bridgehead atoms. The molecule has 0 rings (SSSR count). The number of amides is 4. The maximum Gasteiger partial charge on any atom is 0.226 e. The van der Waals surface area contributed by atoms with Gasteiger partial charge in [0.15, 0.2) is 0 Å². The Morgan fingerprint density at radius 1 is 0.645 bits per heavy atom. The van der Waals surface area contributed by atoms with Crippen LogP contribution in [0.2, 0.25) is 0 Å². The molecular weight excluding hydrogens is 554 g/mol. The van der Waals surface area contributed by atoms with Crippen molar-refractivity contribution in [3.63, 3.8) is 0 Å². The molecule has 0 fully saturated rings. The Balaban J connectivity index is -0.0000000291. The molecule has 10 heteroatoms. The van der Waals surface area contributed by atoms with Crippen molar-refractivity contribution in [3.8, 4) is 0 Å². The van der Waals surface area contributed by atoms with Crippen LogP contribution in [0, 0.1) is 13.8 Å². The van der Waals surface area contributed by atoms with Crippen molar-refractivity contribution >= 4 is 35.2 Å². The van der Waals surface area contributed by atoms with Crippen LogP contribution in [-0.2, 0) is 94.2 Å². The molecule has 0 N–H and O–H groups in total. The number of carbonyl (C=O) groups is 6. The van der Waals surface area contributed by atoms with Crippen LogP contribution >= 0.6 is 0 Å². The van der Waals surface area contributed by atoms with Gasteiger partial charge in [0.2, 0.25) is 23.6 Å². The number of nitrogens with zero attached hydrogens (tertiary/aromatic N) is 2. The monoisotopic (exact) mass is 598 g/mol. The Morgan fingerprint density at radius 2 is 0.806 bits per heavy atom. The Morgan fingerprint density at radius 3 is 0.806 bits per heavy atom. The van der Waals surface area contributed by atoms with Crippen molar-refractivity contribution in [1.82, 2.24) is 9.80 Å². The first kappa shape index (κ1) is 57.5. The number of imide groups is 2. The summed E-state index contributed by atoms with van der Waals surface area (Å²) in [5.41, 5.74) is 0. The van der Waals surface area contributed by atoms with Crippen molar-refractivity contribution in [1.29, 1.82) is 0 Å². The van der Waals surface area contributed by atoms with Crippen molar-refractivity contribution in [2.24, 2.45) is 0 Å². The van der Waals surface area contributed by atoms with E-state index in [1.165, 1.54) is 60.4 Å². The van der Waals surface area contributed by atoms with Crippen LogP contribution in [0.5, 0.6) is 0 Å². The summed E-state index contributed by atoms with van der Waals surface area (Å²) in [6, 6.07) is 0. The predicted octanol–water partition coefficient (Wildman–Crippen LogP) is 3.52. The molecule has 0 spiro atoms. The van der Waals surface area contributed by atoms with Gasteiger partial charge in [-0.25, -0.2) is 0 Å². The number of rotatable bonds is 1. The fraction of sp³-hybridized carbons (Fsp3) is 0.619. The van der Waals surface area contributed by atoms with Gasteiger partial charge in [-0.2, -0.15) is 6.92 Å². The van der Waals surface area contributed by atoms with E-state index >= 15 is 0 Å². The third-order valence-electron chi connectivity index (χ3n) is 2.02. The van der Waals surface area contributed by atoms with Crippen molar-refractivity contribution in [2.75, 3.05) is 13.6 Å². The first-order valence-electron chi connectivity index (χ1n) is 8.15. The Labute approximate surface area is 241 Å². The third-order valence-corrected chi connectivity index (χ3v) is 2.02. The van der Waals surface area contributed by atoms with Gasteiger partial charge < -0.3 is 23.4 Å². The Bertz CT molecular complexity index is 436. The number of hydrogen-bond acceptors (Lipinski definition) is 6. The second kappa shape index (κ2) is 40.1. The van der Waals surface area contributed by atoms with Gasteiger partial charge >= 0.3 is 0 Å². The number of carbonyl (C=O) groups excluding carboxylic acids is 6.